The number of carboxylic acids is 1. The second kappa shape index (κ2) is 5.77. The molecule has 0 aliphatic carbocycles. The van der Waals surface area contributed by atoms with Gasteiger partial charge in [-0.3, -0.25) is 9.69 Å². The molecule has 2 heterocycles. The largest absolute Gasteiger partial charge is 0.481 e. The lowest BCUT2D eigenvalue weighted by Crippen LogP contribution is -2.47. The number of carbonyl (C=O) groups is 1. The van der Waals surface area contributed by atoms with E-state index in [0.717, 1.165) is 37.8 Å². The standard InChI is InChI=1S/C12H18N4O2/c1-10-2-4-13-12(14-10)16-8-6-15(7-9-16)5-3-11(17)18/h2,4H,3,5-9H2,1H3,(H,17,18). The molecule has 0 saturated carbocycles. The molecule has 0 radical (unpaired) electrons. The van der Waals surface area contributed by atoms with E-state index in [0.29, 0.717) is 6.54 Å². The maximum absolute atomic E-state index is 10.5. The van der Waals surface area contributed by atoms with Crippen LogP contribution in [0.4, 0.5) is 5.95 Å². The summed E-state index contributed by atoms with van der Waals surface area (Å²) >= 11 is 0. The van der Waals surface area contributed by atoms with Gasteiger partial charge in [0.2, 0.25) is 5.95 Å². The number of aryl methyl sites for hydroxylation is 1. The topological polar surface area (TPSA) is 69.6 Å². The number of hydrogen-bond donors (Lipinski definition) is 1. The number of anilines is 1. The number of aromatic nitrogens is 2. The van der Waals surface area contributed by atoms with Crippen molar-refractivity contribution in [2.75, 3.05) is 37.6 Å². The molecule has 6 nitrogen and oxygen atoms in total. The van der Waals surface area contributed by atoms with Crippen molar-refractivity contribution in [3.63, 3.8) is 0 Å². The van der Waals surface area contributed by atoms with Gasteiger partial charge in [-0.05, 0) is 13.0 Å². The molecule has 18 heavy (non-hydrogen) atoms. The van der Waals surface area contributed by atoms with Crippen LogP contribution in [0.2, 0.25) is 0 Å². The van der Waals surface area contributed by atoms with Crippen LogP contribution in [0.5, 0.6) is 0 Å². The number of piperazine rings is 1. The van der Waals surface area contributed by atoms with E-state index in [2.05, 4.69) is 19.8 Å². The Bertz CT molecular complexity index is 416. The van der Waals surface area contributed by atoms with Crippen LogP contribution in [0.3, 0.4) is 0 Å². The van der Waals surface area contributed by atoms with Gasteiger partial charge in [0.05, 0.1) is 6.42 Å². The van der Waals surface area contributed by atoms with Gasteiger partial charge in [0, 0.05) is 44.6 Å². The summed E-state index contributed by atoms with van der Waals surface area (Å²) in [6.45, 7) is 6.01. The summed E-state index contributed by atoms with van der Waals surface area (Å²) in [7, 11) is 0. The van der Waals surface area contributed by atoms with E-state index in [4.69, 9.17) is 5.11 Å². The molecule has 1 aliphatic rings. The minimum absolute atomic E-state index is 0.209. The Kier molecular flexibility index (Phi) is 4.09. The smallest absolute Gasteiger partial charge is 0.304 e. The molecule has 0 amide bonds. The van der Waals surface area contributed by atoms with Gasteiger partial charge in [-0.15, -0.1) is 0 Å². The van der Waals surface area contributed by atoms with Crippen molar-refractivity contribution in [2.24, 2.45) is 0 Å². The van der Waals surface area contributed by atoms with Crippen LogP contribution < -0.4 is 4.90 Å². The Labute approximate surface area is 106 Å². The first-order valence-electron chi connectivity index (χ1n) is 6.14. The van der Waals surface area contributed by atoms with Gasteiger partial charge < -0.3 is 10.0 Å². The average Bonchev–Trinajstić information content (AvgIpc) is 2.37. The van der Waals surface area contributed by atoms with Gasteiger partial charge >= 0.3 is 5.97 Å². The molecule has 1 N–H and O–H groups in total. The molecule has 1 fully saturated rings. The van der Waals surface area contributed by atoms with Gasteiger partial charge in [0.1, 0.15) is 0 Å². The third-order valence-corrected chi connectivity index (χ3v) is 3.08. The van der Waals surface area contributed by atoms with E-state index in [1.165, 1.54) is 0 Å². The lowest BCUT2D eigenvalue weighted by atomic mass is 10.3. The summed E-state index contributed by atoms with van der Waals surface area (Å²) in [5, 5.41) is 8.65. The van der Waals surface area contributed by atoms with E-state index >= 15 is 0 Å². The molecule has 0 unspecified atom stereocenters. The summed E-state index contributed by atoms with van der Waals surface area (Å²) in [4.78, 5) is 23.5. The maximum atomic E-state index is 10.5. The van der Waals surface area contributed by atoms with Crippen LogP contribution in [0, 0.1) is 6.92 Å². The van der Waals surface area contributed by atoms with Crippen LogP contribution in [-0.2, 0) is 4.79 Å². The number of nitrogens with zero attached hydrogens (tertiary/aromatic N) is 4. The minimum atomic E-state index is -0.737. The molecule has 0 spiro atoms. The predicted molar refractivity (Wildman–Crippen MR) is 67.7 cm³/mol. The zero-order valence-corrected chi connectivity index (χ0v) is 10.5. The highest BCUT2D eigenvalue weighted by Crippen LogP contribution is 2.11. The van der Waals surface area contributed by atoms with E-state index in [1.54, 1.807) is 6.20 Å². The fourth-order valence-corrected chi connectivity index (χ4v) is 2.01. The molecule has 98 valence electrons. The zero-order valence-electron chi connectivity index (χ0n) is 10.5. The van der Waals surface area contributed by atoms with Crippen molar-refractivity contribution in [1.82, 2.24) is 14.9 Å². The number of hydrogen-bond acceptors (Lipinski definition) is 5. The molecule has 1 aromatic heterocycles. The van der Waals surface area contributed by atoms with E-state index in [-0.39, 0.29) is 6.42 Å². The Morgan fingerprint density at radius 3 is 2.72 bits per heavy atom. The fraction of sp³-hybridized carbons (Fsp3) is 0.583. The number of carboxylic acid groups (broad SMARTS) is 1. The van der Waals surface area contributed by atoms with Crippen molar-refractivity contribution in [1.29, 1.82) is 0 Å². The molecule has 0 atom stereocenters. The molecular weight excluding hydrogens is 232 g/mol. The van der Waals surface area contributed by atoms with Crippen LogP contribution >= 0.6 is 0 Å². The fourth-order valence-electron chi connectivity index (χ4n) is 2.01. The molecule has 0 aromatic carbocycles. The van der Waals surface area contributed by atoms with Gasteiger partial charge in [0.25, 0.3) is 0 Å². The lowest BCUT2D eigenvalue weighted by molar-refractivity contribution is -0.137. The maximum Gasteiger partial charge on any atom is 0.304 e. The lowest BCUT2D eigenvalue weighted by Gasteiger charge is -2.34. The van der Waals surface area contributed by atoms with E-state index in [9.17, 15) is 4.79 Å². The summed E-state index contributed by atoms with van der Waals surface area (Å²) in [5.41, 5.74) is 0.966. The highest BCUT2D eigenvalue weighted by atomic mass is 16.4. The highest BCUT2D eigenvalue weighted by Gasteiger charge is 2.19. The minimum Gasteiger partial charge on any atom is -0.481 e. The molecule has 0 bridgehead atoms. The summed E-state index contributed by atoms with van der Waals surface area (Å²) in [5.74, 6) is 0.0346. The van der Waals surface area contributed by atoms with Gasteiger partial charge in [-0.2, -0.15) is 0 Å². The summed E-state index contributed by atoms with van der Waals surface area (Å²) in [6, 6.07) is 1.88. The van der Waals surface area contributed by atoms with Crippen LogP contribution in [0.15, 0.2) is 12.3 Å². The SMILES string of the molecule is Cc1ccnc(N2CCN(CCC(=O)O)CC2)n1. The molecule has 6 heteroatoms. The second-order valence-electron chi connectivity index (χ2n) is 4.47. The molecule has 1 aliphatic heterocycles. The van der Waals surface area contributed by atoms with Crippen LogP contribution in [-0.4, -0.2) is 58.7 Å². The monoisotopic (exact) mass is 250 g/mol. The Hall–Kier alpha value is -1.69. The first-order valence-corrected chi connectivity index (χ1v) is 6.14. The van der Waals surface area contributed by atoms with Gasteiger partial charge in [0.15, 0.2) is 0 Å². The first-order chi connectivity index (χ1) is 8.65. The summed E-state index contributed by atoms with van der Waals surface area (Å²) < 4.78 is 0. The molecular formula is C12H18N4O2. The van der Waals surface area contributed by atoms with Crippen molar-refractivity contribution in [3.8, 4) is 0 Å². The second-order valence-corrected chi connectivity index (χ2v) is 4.47. The summed E-state index contributed by atoms with van der Waals surface area (Å²) in [6.07, 6.45) is 1.98. The Morgan fingerprint density at radius 1 is 1.39 bits per heavy atom. The van der Waals surface area contributed by atoms with E-state index < -0.39 is 5.97 Å². The van der Waals surface area contributed by atoms with Crippen LogP contribution in [0.1, 0.15) is 12.1 Å². The van der Waals surface area contributed by atoms with Crippen LogP contribution in [0.25, 0.3) is 0 Å². The van der Waals surface area contributed by atoms with E-state index in [1.807, 2.05) is 13.0 Å². The molecule has 2 rings (SSSR count). The number of rotatable bonds is 4. The average molecular weight is 250 g/mol. The van der Waals surface area contributed by atoms with Crippen molar-refractivity contribution >= 4 is 11.9 Å². The molecule has 1 aromatic rings. The Morgan fingerprint density at radius 2 is 2.11 bits per heavy atom. The van der Waals surface area contributed by atoms with Crippen molar-refractivity contribution < 1.29 is 9.90 Å². The van der Waals surface area contributed by atoms with Gasteiger partial charge in [-0.25, -0.2) is 9.97 Å². The van der Waals surface area contributed by atoms with Crippen molar-refractivity contribution in [2.45, 2.75) is 13.3 Å². The predicted octanol–water partition coefficient (Wildman–Crippen LogP) is 0.382. The third kappa shape index (κ3) is 3.40. The van der Waals surface area contributed by atoms with Gasteiger partial charge in [-0.1, -0.05) is 0 Å². The highest BCUT2D eigenvalue weighted by molar-refractivity contribution is 5.66. The quantitative estimate of drug-likeness (QED) is 0.833. The third-order valence-electron chi connectivity index (χ3n) is 3.08. The van der Waals surface area contributed by atoms with Crippen molar-refractivity contribution in [3.05, 3.63) is 18.0 Å². The Balaban J connectivity index is 1.85. The number of aliphatic carboxylic acids is 1. The molecule has 1 saturated heterocycles. The zero-order chi connectivity index (χ0) is 13.0. The normalized spacial score (nSPS) is 16.8. The first kappa shape index (κ1) is 12.8.